The lowest BCUT2D eigenvalue weighted by atomic mass is 10.0. The maximum Gasteiger partial charge on any atom is 0.253 e. The third kappa shape index (κ3) is 5.67. The molecule has 126 valence electrons. The molecule has 5 nitrogen and oxygen atoms in total. The Labute approximate surface area is 137 Å². The summed E-state index contributed by atoms with van der Waals surface area (Å²) in [6.07, 6.45) is 4.80. The SMILES string of the molecule is CO[C@H](C(=O)NCCNC(=O)CC1CCCC1)c1ccccc1. The van der Waals surface area contributed by atoms with E-state index in [0.29, 0.717) is 25.4 Å². The molecule has 0 saturated heterocycles. The quantitative estimate of drug-likeness (QED) is 0.722. The van der Waals surface area contributed by atoms with E-state index in [1.54, 1.807) is 0 Å². The van der Waals surface area contributed by atoms with Crippen LogP contribution < -0.4 is 10.6 Å². The summed E-state index contributed by atoms with van der Waals surface area (Å²) < 4.78 is 5.27. The lowest BCUT2D eigenvalue weighted by molar-refractivity contribution is -0.131. The van der Waals surface area contributed by atoms with Crippen molar-refractivity contribution in [3.63, 3.8) is 0 Å². The number of hydrogen-bond acceptors (Lipinski definition) is 3. The number of amides is 2. The topological polar surface area (TPSA) is 67.4 Å². The molecule has 1 aromatic carbocycles. The van der Waals surface area contributed by atoms with Gasteiger partial charge in [-0.15, -0.1) is 0 Å². The van der Waals surface area contributed by atoms with Gasteiger partial charge in [0.1, 0.15) is 0 Å². The molecule has 0 aromatic heterocycles. The smallest absolute Gasteiger partial charge is 0.253 e. The number of ether oxygens (including phenoxy) is 1. The first-order valence-electron chi connectivity index (χ1n) is 8.33. The van der Waals surface area contributed by atoms with Crippen LogP contribution in [0.5, 0.6) is 0 Å². The largest absolute Gasteiger partial charge is 0.367 e. The first-order valence-corrected chi connectivity index (χ1v) is 8.33. The number of methoxy groups -OCH3 is 1. The number of carbonyl (C=O) groups excluding carboxylic acids is 2. The molecule has 2 N–H and O–H groups in total. The predicted molar refractivity (Wildman–Crippen MR) is 88.8 cm³/mol. The van der Waals surface area contributed by atoms with Gasteiger partial charge in [-0.1, -0.05) is 43.2 Å². The number of nitrogens with one attached hydrogen (secondary N) is 2. The Morgan fingerprint density at radius 3 is 2.43 bits per heavy atom. The molecule has 5 heteroatoms. The minimum atomic E-state index is -0.620. The van der Waals surface area contributed by atoms with Gasteiger partial charge in [0.25, 0.3) is 5.91 Å². The molecule has 1 aromatic rings. The first kappa shape index (κ1) is 17.5. The predicted octanol–water partition coefficient (Wildman–Crippen LogP) is 2.19. The first-order chi connectivity index (χ1) is 11.2. The maximum absolute atomic E-state index is 12.1. The zero-order chi connectivity index (χ0) is 16.5. The molecule has 0 radical (unpaired) electrons. The Morgan fingerprint density at radius 2 is 1.78 bits per heavy atom. The van der Waals surface area contributed by atoms with E-state index in [1.807, 2.05) is 30.3 Å². The Bertz CT molecular complexity index is 498. The van der Waals surface area contributed by atoms with E-state index in [1.165, 1.54) is 20.0 Å². The number of hydrogen-bond donors (Lipinski definition) is 2. The van der Waals surface area contributed by atoms with E-state index in [9.17, 15) is 9.59 Å². The van der Waals surface area contributed by atoms with Crippen molar-refractivity contribution in [2.45, 2.75) is 38.2 Å². The fourth-order valence-electron chi connectivity index (χ4n) is 3.05. The van der Waals surface area contributed by atoms with Crippen LogP contribution in [0, 0.1) is 5.92 Å². The van der Waals surface area contributed by atoms with Crippen molar-refractivity contribution in [2.75, 3.05) is 20.2 Å². The molecule has 0 aliphatic heterocycles. The minimum Gasteiger partial charge on any atom is -0.367 e. The van der Waals surface area contributed by atoms with Crippen LogP contribution in [0.3, 0.4) is 0 Å². The lowest BCUT2D eigenvalue weighted by Gasteiger charge is -2.16. The molecule has 1 aliphatic carbocycles. The molecule has 1 saturated carbocycles. The molecular formula is C18H26N2O3. The zero-order valence-corrected chi connectivity index (χ0v) is 13.7. The molecule has 0 heterocycles. The van der Waals surface area contributed by atoms with E-state index >= 15 is 0 Å². The summed E-state index contributed by atoms with van der Waals surface area (Å²) in [5.41, 5.74) is 0.817. The fourth-order valence-corrected chi connectivity index (χ4v) is 3.05. The van der Waals surface area contributed by atoms with Crippen LogP contribution in [0.1, 0.15) is 43.8 Å². The van der Waals surface area contributed by atoms with Crippen LogP contribution in [-0.4, -0.2) is 32.0 Å². The van der Waals surface area contributed by atoms with Crippen molar-refractivity contribution in [2.24, 2.45) is 5.92 Å². The van der Waals surface area contributed by atoms with Crippen molar-refractivity contribution in [3.05, 3.63) is 35.9 Å². The van der Waals surface area contributed by atoms with E-state index < -0.39 is 6.10 Å². The Kier molecular flexibility index (Phi) is 7.07. The molecule has 1 atom stereocenters. The van der Waals surface area contributed by atoms with Gasteiger partial charge in [0, 0.05) is 26.6 Å². The maximum atomic E-state index is 12.1. The van der Waals surface area contributed by atoms with Crippen LogP contribution in [0.25, 0.3) is 0 Å². The summed E-state index contributed by atoms with van der Waals surface area (Å²) in [5.74, 6) is 0.432. The summed E-state index contributed by atoms with van der Waals surface area (Å²) in [6, 6.07) is 9.36. The van der Waals surface area contributed by atoms with Gasteiger partial charge in [-0.05, 0) is 24.3 Å². The van der Waals surface area contributed by atoms with Crippen LogP contribution in [-0.2, 0) is 14.3 Å². The van der Waals surface area contributed by atoms with Gasteiger partial charge in [-0.2, -0.15) is 0 Å². The molecule has 2 rings (SSSR count). The third-order valence-corrected chi connectivity index (χ3v) is 4.27. The van der Waals surface area contributed by atoms with Crippen LogP contribution in [0.2, 0.25) is 0 Å². The second-order valence-electron chi connectivity index (χ2n) is 6.02. The number of carbonyl (C=O) groups is 2. The molecule has 23 heavy (non-hydrogen) atoms. The monoisotopic (exact) mass is 318 g/mol. The van der Waals surface area contributed by atoms with Gasteiger partial charge in [0.05, 0.1) is 0 Å². The van der Waals surface area contributed by atoms with Crippen molar-refractivity contribution in [3.8, 4) is 0 Å². The summed E-state index contributed by atoms with van der Waals surface area (Å²) >= 11 is 0. The van der Waals surface area contributed by atoms with E-state index in [0.717, 1.165) is 18.4 Å². The second-order valence-corrected chi connectivity index (χ2v) is 6.02. The van der Waals surface area contributed by atoms with Crippen LogP contribution >= 0.6 is 0 Å². The van der Waals surface area contributed by atoms with Crippen molar-refractivity contribution >= 4 is 11.8 Å². The minimum absolute atomic E-state index is 0.0810. The third-order valence-electron chi connectivity index (χ3n) is 4.27. The fraction of sp³-hybridized carbons (Fsp3) is 0.556. The summed E-state index contributed by atoms with van der Waals surface area (Å²) in [6.45, 7) is 0.852. The van der Waals surface area contributed by atoms with E-state index in [4.69, 9.17) is 4.74 Å². The molecule has 0 unspecified atom stereocenters. The van der Waals surface area contributed by atoms with Crippen molar-refractivity contribution in [1.82, 2.24) is 10.6 Å². The van der Waals surface area contributed by atoms with Gasteiger partial charge >= 0.3 is 0 Å². The summed E-state index contributed by atoms with van der Waals surface area (Å²) in [5, 5.41) is 5.67. The van der Waals surface area contributed by atoms with Crippen LogP contribution in [0.4, 0.5) is 0 Å². The number of benzene rings is 1. The molecule has 1 fully saturated rings. The van der Waals surface area contributed by atoms with E-state index in [2.05, 4.69) is 10.6 Å². The van der Waals surface area contributed by atoms with Crippen LogP contribution in [0.15, 0.2) is 30.3 Å². The summed E-state index contributed by atoms with van der Waals surface area (Å²) in [7, 11) is 1.51. The highest BCUT2D eigenvalue weighted by atomic mass is 16.5. The van der Waals surface area contributed by atoms with Gasteiger partial charge in [0.2, 0.25) is 5.91 Å². The highest BCUT2D eigenvalue weighted by Crippen LogP contribution is 2.27. The highest BCUT2D eigenvalue weighted by Gasteiger charge is 2.20. The molecule has 0 bridgehead atoms. The lowest BCUT2D eigenvalue weighted by Crippen LogP contribution is -2.37. The standard InChI is InChI=1S/C18H26N2O3/c1-23-17(15-9-3-2-4-10-15)18(22)20-12-11-19-16(21)13-14-7-5-6-8-14/h2-4,9-10,14,17H,5-8,11-13H2,1H3,(H,19,21)(H,20,22)/t17-/m0/s1. The average Bonchev–Trinajstić information content (AvgIpc) is 3.06. The molecule has 0 spiro atoms. The van der Waals surface area contributed by atoms with Gasteiger partial charge in [-0.3, -0.25) is 9.59 Å². The molecule has 2 amide bonds. The molecular weight excluding hydrogens is 292 g/mol. The normalized spacial score (nSPS) is 16.0. The Morgan fingerprint density at radius 1 is 1.13 bits per heavy atom. The number of rotatable bonds is 8. The Hall–Kier alpha value is -1.88. The highest BCUT2D eigenvalue weighted by molar-refractivity contribution is 5.82. The van der Waals surface area contributed by atoms with Gasteiger partial charge < -0.3 is 15.4 Å². The summed E-state index contributed by atoms with van der Waals surface area (Å²) in [4.78, 5) is 24.0. The molecule has 1 aliphatic rings. The van der Waals surface area contributed by atoms with Gasteiger partial charge in [0.15, 0.2) is 6.10 Å². The average molecular weight is 318 g/mol. The zero-order valence-electron chi connectivity index (χ0n) is 13.7. The van der Waals surface area contributed by atoms with E-state index in [-0.39, 0.29) is 11.8 Å². The second kappa shape index (κ2) is 9.30. The Balaban J connectivity index is 1.66. The van der Waals surface area contributed by atoms with Gasteiger partial charge in [-0.25, -0.2) is 0 Å². The van der Waals surface area contributed by atoms with Crippen molar-refractivity contribution < 1.29 is 14.3 Å². The van der Waals surface area contributed by atoms with Crippen molar-refractivity contribution in [1.29, 1.82) is 0 Å².